The number of hydrogen-bond acceptors (Lipinski definition) is 4. The molecule has 0 aliphatic carbocycles. The number of carbonyl (C=O) groups is 1. The van der Waals surface area contributed by atoms with E-state index in [0.29, 0.717) is 18.9 Å². The van der Waals surface area contributed by atoms with Gasteiger partial charge >= 0.3 is 0 Å². The van der Waals surface area contributed by atoms with Crippen LogP contribution < -0.4 is 10.6 Å². The molecular weight excluding hydrogens is 517 g/mol. The summed E-state index contributed by atoms with van der Waals surface area (Å²) in [4.78, 5) is 21.3. The number of rotatable bonds is 9. The van der Waals surface area contributed by atoms with Crippen molar-refractivity contribution < 1.29 is 9.53 Å². The molecule has 1 aromatic carbocycles. The lowest BCUT2D eigenvalue weighted by Gasteiger charge is -2.26. The Morgan fingerprint density at radius 1 is 1.03 bits per heavy atom. The lowest BCUT2D eigenvalue weighted by molar-refractivity contribution is -0.130. The van der Waals surface area contributed by atoms with Crippen molar-refractivity contribution in [3.63, 3.8) is 0 Å². The Labute approximate surface area is 210 Å². The third-order valence-electron chi connectivity index (χ3n) is 5.87. The summed E-state index contributed by atoms with van der Waals surface area (Å²) in [5.74, 6) is 1.15. The van der Waals surface area contributed by atoms with Crippen molar-refractivity contribution in [2.24, 2.45) is 4.99 Å². The number of aliphatic imine (C=N–C) groups is 1. The van der Waals surface area contributed by atoms with Gasteiger partial charge in [0.25, 0.3) is 0 Å². The molecule has 0 spiro atoms. The summed E-state index contributed by atoms with van der Waals surface area (Å²) in [5, 5.41) is 6.72. The van der Waals surface area contributed by atoms with E-state index >= 15 is 0 Å². The van der Waals surface area contributed by atoms with E-state index in [1.165, 1.54) is 17.5 Å². The van der Waals surface area contributed by atoms with E-state index in [9.17, 15) is 4.79 Å². The molecule has 7 nitrogen and oxygen atoms in total. The van der Waals surface area contributed by atoms with Gasteiger partial charge in [-0.2, -0.15) is 0 Å². The van der Waals surface area contributed by atoms with Crippen molar-refractivity contribution >= 4 is 35.8 Å². The number of benzene rings is 1. The second-order valence-electron chi connectivity index (χ2n) is 8.37. The van der Waals surface area contributed by atoms with Gasteiger partial charge in [0.1, 0.15) is 0 Å². The highest BCUT2D eigenvalue weighted by atomic mass is 127. The van der Waals surface area contributed by atoms with Crippen LogP contribution in [0.2, 0.25) is 0 Å². The molecule has 2 aliphatic rings. The van der Waals surface area contributed by atoms with Crippen molar-refractivity contribution in [3.8, 4) is 0 Å². The van der Waals surface area contributed by atoms with Crippen LogP contribution in [0.5, 0.6) is 0 Å². The number of morpholine rings is 1. The molecule has 0 bridgehead atoms. The molecule has 1 aromatic rings. The van der Waals surface area contributed by atoms with E-state index in [1.54, 1.807) is 0 Å². The first-order valence-electron chi connectivity index (χ1n) is 11.9. The number of likely N-dealkylation sites (tertiary alicyclic amines) is 1. The zero-order chi connectivity index (χ0) is 21.7. The van der Waals surface area contributed by atoms with Gasteiger partial charge in [0.15, 0.2) is 5.96 Å². The summed E-state index contributed by atoms with van der Waals surface area (Å²) in [7, 11) is 0. The van der Waals surface area contributed by atoms with Gasteiger partial charge < -0.3 is 20.3 Å². The molecule has 2 fully saturated rings. The normalized spacial score (nSPS) is 18.1. The average molecular weight is 558 g/mol. The van der Waals surface area contributed by atoms with Crippen LogP contribution in [0.1, 0.15) is 50.2 Å². The third-order valence-corrected chi connectivity index (χ3v) is 5.87. The first-order valence-corrected chi connectivity index (χ1v) is 11.9. The number of amides is 1. The third kappa shape index (κ3) is 9.62. The minimum Gasteiger partial charge on any atom is -0.379 e. The summed E-state index contributed by atoms with van der Waals surface area (Å²) >= 11 is 0. The Bertz CT molecular complexity index is 692. The second kappa shape index (κ2) is 15.4. The van der Waals surface area contributed by atoms with Crippen LogP contribution >= 0.6 is 24.0 Å². The van der Waals surface area contributed by atoms with Gasteiger partial charge in [0, 0.05) is 52.2 Å². The Balaban J connectivity index is 0.00000363. The molecule has 2 saturated heterocycles. The van der Waals surface area contributed by atoms with Crippen LogP contribution in [0.15, 0.2) is 29.3 Å². The fourth-order valence-corrected chi connectivity index (χ4v) is 4.03. The number of carbonyl (C=O) groups excluding carboxylic acids is 1. The maximum absolute atomic E-state index is 12.1. The number of ether oxygens (including phenoxy) is 1. The first kappa shape index (κ1) is 26.9. The zero-order valence-electron chi connectivity index (χ0n) is 19.5. The number of halogens is 1. The second-order valence-corrected chi connectivity index (χ2v) is 8.37. The molecule has 2 heterocycles. The van der Waals surface area contributed by atoms with Gasteiger partial charge in [-0.25, -0.2) is 4.99 Å². The molecular formula is C24H40IN5O2. The van der Waals surface area contributed by atoms with Crippen LogP contribution in [0, 0.1) is 0 Å². The van der Waals surface area contributed by atoms with Crippen molar-refractivity contribution in [3.05, 3.63) is 35.4 Å². The molecule has 32 heavy (non-hydrogen) atoms. The molecule has 2 aliphatic heterocycles. The van der Waals surface area contributed by atoms with Crippen LogP contribution in [0.25, 0.3) is 0 Å². The van der Waals surface area contributed by atoms with Gasteiger partial charge in [-0.05, 0) is 37.3 Å². The summed E-state index contributed by atoms with van der Waals surface area (Å²) < 4.78 is 5.42. The Hall–Kier alpha value is -1.39. The highest BCUT2D eigenvalue weighted by Gasteiger charge is 2.15. The summed E-state index contributed by atoms with van der Waals surface area (Å²) in [6.45, 7) is 10.8. The molecule has 0 unspecified atom stereocenters. The van der Waals surface area contributed by atoms with Gasteiger partial charge in [-0.3, -0.25) is 9.69 Å². The van der Waals surface area contributed by atoms with Gasteiger partial charge in [-0.15, -0.1) is 24.0 Å². The van der Waals surface area contributed by atoms with Crippen LogP contribution in [-0.2, 0) is 22.6 Å². The predicted octanol–water partition coefficient (Wildman–Crippen LogP) is 2.98. The quantitative estimate of drug-likeness (QED) is 0.212. The molecule has 1 amide bonds. The van der Waals surface area contributed by atoms with Crippen LogP contribution in [-0.4, -0.2) is 74.1 Å². The van der Waals surface area contributed by atoms with E-state index in [0.717, 1.165) is 84.2 Å². The van der Waals surface area contributed by atoms with E-state index in [4.69, 9.17) is 9.73 Å². The highest BCUT2D eigenvalue weighted by Crippen LogP contribution is 2.12. The standard InChI is InChI=1S/C24H39N5O2.HI/c1-2-25-24(26-12-6-14-29-13-5-3-4-7-23(29)30)27-19-21-8-10-22(11-9-21)20-28-15-17-31-18-16-28;/h8-11H,2-7,12-20H2,1H3,(H2,25,26,27);1H. The lowest BCUT2D eigenvalue weighted by atomic mass is 10.1. The molecule has 0 saturated carbocycles. The van der Waals surface area contributed by atoms with E-state index < -0.39 is 0 Å². The van der Waals surface area contributed by atoms with Gasteiger partial charge in [0.05, 0.1) is 19.8 Å². The molecule has 8 heteroatoms. The molecule has 0 aromatic heterocycles. The average Bonchev–Trinajstić information content (AvgIpc) is 3.00. The smallest absolute Gasteiger partial charge is 0.222 e. The highest BCUT2D eigenvalue weighted by molar-refractivity contribution is 14.0. The topological polar surface area (TPSA) is 69.2 Å². The van der Waals surface area contributed by atoms with Crippen LogP contribution in [0.3, 0.4) is 0 Å². The summed E-state index contributed by atoms with van der Waals surface area (Å²) in [6, 6.07) is 8.76. The number of guanidine groups is 1. The van der Waals surface area contributed by atoms with Gasteiger partial charge in [-0.1, -0.05) is 30.7 Å². The first-order chi connectivity index (χ1) is 15.2. The monoisotopic (exact) mass is 557 g/mol. The minimum atomic E-state index is 0. The van der Waals surface area contributed by atoms with Crippen molar-refractivity contribution in [2.75, 3.05) is 52.5 Å². The zero-order valence-corrected chi connectivity index (χ0v) is 21.8. The van der Waals surface area contributed by atoms with E-state index in [2.05, 4.69) is 46.7 Å². The fraction of sp³-hybridized carbons (Fsp3) is 0.667. The minimum absolute atomic E-state index is 0. The maximum Gasteiger partial charge on any atom is 0.222 e. The van der Waals surface area contributed by atoms with Crippen LogP contribution in [0.4, 0.5) is 0 Å². The number of hydrogen-bond donors (Lipinski definition) is 2. The molecule has 0 radical (unpaired) electrons. The largest absolute Gasteiger partial charge is 0.379 e. The van der Waals surface area contributed by atoms with Crippen molar-refractivity contribution in [2.45, 2.75) is 52.1 Å². The van der Waals surface area contributed by atoms with Gasteiger partial charge in [0.2, 0.25) is 5.91 Å². The Morgan fingerprint density at radius 2 is 1.78 bits per heavy atom. The van der Waals surface area contributed by atoms with Crippen molar-refractivity contribution in [1.82, 2.24) is 20.4 Å². The van der Waals surface area contributed by atoms with E-state index in [1.807, 2.05) is 4.90 Å². The summed E-state index contributed by atoms with van der Waals surface area (Å²) in [5.41, 5.74) is 2.54. The SMILES string of the molecule is CCNC(=NCc1ccc(CN2CCOCC2)cc1)NCCCN1CCCCCC1=O.I. The number of nitrogens with one attached hydrogen (secondary N) is 2. The number of nitrogens with zero attached hydrogens (tertiary/aromatic N) is 3. The molecule has 0 atom stereocenters. The van der Waals surface area contributed by atoms with Crippen molar-refractivity contribution in [1.29, 1.82) is 0 Å². The predicted molar refractivity (Wildman–Crippen MR) is 140 cm³/mol. The Morgan fingerprint density at radius 3 is 2.53 bits per heavy atom. The molecule has 3 rings (SSSR count). The maximum atomic E-state index is 12.1. The molecule has 180 valence electrons. The van der Waals surface area contributed by atoms with E-state index in [-0.39, 0.29) is 24.0 Å². The molecule has 2 N–H and O–H groups in total. The summed E-state index contributed by atoms with van der Waals surface area (Å²) in [6.07, 6.45) is 4.99. The lowest BCUT2D eigenvalue weighted by Crippen LogP contribution is -2.39. The Kier molecular flexibility index (Phi) is 13.0. The fourth-order valence-electron chi connectivity index (χ4n) is 4.03.